The molecule has 0 heterocycles. The van der Waals surface area contributed by atoms with E-state index < -0.39 is 0 Å². The molecule has 4 rings (SSSR count). The van der Waals surface area contributed by atoms with Crippen molar-refractivity contribution in [2.24, 2.45) is 0 Å². The predicted molar refractivity (Wildman–Crippen MR) is 134 cm³/mol. The van der Waals surface area contributed by atoms with Gasteiger partial charge in [0.05, 0.1) is 0 Å². The van der Waals surface area contributed by atoms with Crippen molar-refractivity contribution in [2.45, 2.75) is 0 Å². The van der Waals surface area contributed by atoms with Crippen LogP contribution in [-0.4, -0.2) is 14.1 Å². The van der Waals surface area contributed by atoms with E-state index in [1.165, 1.54) is 39.1 Å². The highest BCUT2D eigenvalue weighted by molar-refractivity contribution is 5.86. The van der Waals surface area contributed by atoms with Gasteiger partial charge in [0.1, 0.15) is 0 Å². The van der Waals surface area contributed by atoms with Gasteiger partial charge < -0.3 is 4.90 Å². The number of rotatable bonds is 6. The smallest absolute Gasteiger partial charge is 0.0361 e. The molecule has 0 bridgehead atoms. The molecule has 0 aromatic heterocycles. The van der Waals surface area contributed by atoms with Gasteiger partial charge in [0, 0.05) is 19.8 Å². The molecule has 0 spiro atoms. The Balaban J connectivity index is 1.84. The van der Waals surface area contributed by atoms with Crippen molar-refractivity contribution in [1.29, 1.82) is 0 Å². The third-order valence-electron chi connectivity index (χ3n) is 5.37. The highest BCUT2D eigenvalue weighted by atomic mass is 15.1. The van der Waals surface area contributed by atoms with E-state index in [1.54, 1.807) is 0 Å². The molecule has 1 heteroatoms. The van der Waals surface area contributed by atoms with Gasteiger partial charge in [0.15, 0.2) is 0 Å². The lowest BCUT2D eigenvalue weighted by molar-refractivity contribution is 1.13. The highest BCUT2D eigenvalue weighted by Gasteiger charge is 2.07. The second-order valence-corrected chi connectivity index (χ2v) is 7.70. The number of nitrogens with zero attached hydrogens (tertiary/aromatic N) is 1. The van der Waals surface area contributed by atoms with E-state index in [4.69, 9.17) is 0 Å². The molecule has 0 atom stereocenters. The number of benzene rings is 4. The lowest BCUT2D eigenvalue weighted by Crippen LogP contribution is -2.08. The van der Waals surface area contributed by atoms with Crippen molar-refractivity contribution in [3.8, 4) is 0 Å². The average Bonchev–Trinajstić information content (AvgIpc) is 2.84. The van der Waals surface area contributed by atoms with E-state index in [-0.39, 0.29) is 0 Å². The molecule has 1 nitrogen and oxygen atoms in total. The zero-order chi connectivity index (χ0) is 21.5. The maximum absolute atomic E-state index is 2.25. The summed E-state index contributed by atoms with van der Waals surface area (Å²) >= 11 is 0. The minimum atomic E-state index is 1.20. The predicted octanol–water partition coefficient (Wildman–Crippen LogP) is 7.32. The largest absolute Gasteiger partial charge is 0.378 e. The van der Waals surface area contributed by atoms with Gasteiger partial charge in [-0.25, -0.2) is 0 Å². The topological polar surface area (TPSA) is 3.24 Å². The molecule has 0 saturated carbocycles. The van der Waals surface area contributed by atoms with E-state index in [0.29, 0.717) is 0 Å². The zero-order valence-corrected chi connectivity index (χ0v) is 18.1. The third kappa shape index (κ3) is 5.02. The van der Waals surface area contributed by atoms with Gasteiger partial charge >= 0.3 is 0 Å². The first-order valence-corrected chi connectivity index (χ1v) is 10.6. The van der Waals surface area contributed by atoms with Crippen molar-refractivity contribution in [3.63, 3.8) is 0 Å². The van der Waals surface area contributed by atoms with Gasteiger partial charge in [-0.15, -0.1) is 0 Å². The van der Waals surface area contributed by atoms with Crippen LogP contribution in [-0.2, 0) is 0 Å². The van der Waals surface area contributed by atoms with E-state index in [0.717, 1.165) is 0 Å². The van der Waals surface area contributed by atoms with Crippen LogP contribution in [0.4, 0.5) is 5.69 Å². The summed E-state index contributed by atoms with van der Waals surface area (Å²) in [6.45, 7) is 0. The van der Waals surface area contributed by atoms with Crippen LogP contribution in [0.2, 0.25) is 0 Å². The standard InChI is InChI=1S/C30H27N/c1-31(2)28-20-18-27(19-21-28)30(26-16-10-5-11-17-26)23-22-29(24-12-6-3-7-13-24)25-14-8-4-9-15-25/h3-23H,1-2H3/b30-23-. The SMILES string of the molecule is CN(C)c1ccc(/C(=C\C=C(c2ccccc2)c2ccccc2)c2ccccc2)cc1. The molecular formula is C30H27N. The lowest BCUT2D eigenvalue weighted by Gasteiger charge is -2.14. The van der Waals surface area contributed by atoms with Crippen LogP contribution < -0.4 is 4.90 Å². The molecular weight excluding hydrogens is 374 g/mol. The Morgan fingerprint density at radius 1 is 0.452 bits per heavy atom. The van der Waals surface area contributed by atoms with Gasteiger partial charge in [-0.1, -0.05) is 115 Å². The molecule has 4 aromatic rings. The number of allylic oxidation sites excluding steroid dienone is 2. The molecule has 0 aliphatic carbocycles. The van der Waals surface area contributed by atoms with Crippen LogP contribution in [0.1, 0.15) is 22.3 Å². The van der Waals surface area contributed by atoms with Crippen molar-refractivity contribution in [2.75, 3.05) is 19.0 Å². The summed E-state index contributed by atoms with van der Waals surface area (Å²) < 4.78 is 0. The fraction of sp³-hybridized carbons (Fsp3) is 0.0667. The molecule has 0 amide bonds. The van der Waals surface area contributed by atoms with E-state index in [9.17, 15) is 0 Å². The first-order valence-electron chi connectivity index (χ1n) is 10.6. The van der Waals surface area contributed by atoms with Crippen molar-refractivity contribution < 1.29 is 0 Å². The summed E-state index contributed by atoms with van der Waals surface area (Å²) in [5.41, 5.74) is 8.43. The molecule has 0 unspecified atom stereocenters. The van der Waals surface area contributed by atoms with Gasteiger partial charge in [-0.2, -0.15) is 0 Å². The summed E-state index contributed by atoms with van der Waals surface area (Å²) in [6.07, 6.45) is 4.49. The molecule has 0 saturated heterocycles. The Morgan fingerprint density at radius 2 is 0.774 bits per heavy atom. The normalized spacial score (nSPS) is 11.1. The molecule has 0 N–H and O–H groups in total. The van der Waals surface area contributed by atoms with Crippen LogP contribution in [0.5, 0.6) is 0 Å². The van der Waals surface area contributed by atoms with E-state index in [1.807, 2.05) is 0 Å². The van der Waals surface area contributed by atoms with E-state index in [2.05, 4.69) is 146 Å². The molecule has 152 valence electrons. The van der Waals surface area contributed by atoms with E-state index >= 15 is 0 Å². The van der Waals surface area contributed by atoms with Gasteiger partial charge in [-0.05, 0) is 45.5 Å². The Morgan fingerprint density at radius 3 is 1.10 bits per heavy atom. The molecule has 0 aliphatic heterocycles. The average molecular weight is 402 g/mol. The maximum Gasteiger partial charge on any atom is 0.0361 e. The molecule has 0 aliphatic rings. The Bertz CT molecular complexity index is 1110. The second-order valence-electron chi connectivity index (χ2n) is 7.70. The fourth-order valence-corrected chi connectivity index (χ4v) is 3.68. The van der Waals surface area contributed by atoms with Crippen molar-refractivity contribution >= 4 is 16.8 Å². The van der Waals surface area contributed by atoms with Gasteiger partial charge in [0.25, 0.3) is 0 Å². The molecule has 31 heavy (non-hydrogen) atoms. The summed E-state index contributed by atoms with van der Waals surface area (Å²) in [4.78, 5) is 2.12. The second kappa shape index (κ2) is 9.77. The lowest BCUT2D eigenvalue weighted by atomic mass is 9.94. The van der Waals surface area contributed by atoms with Crippen LogP contribution in [0.25, 0.3) is 11.1 Å². The summed E-state index contributed by atoms with van der Waals surface area (Å²) in [7, 11) is 4.13. The minimum absolute atomic E-state index is 1.20. The minimum Gasteiger partial charge on any atom is -0.378 e. The quantitative estimate of drug-likeness (QED) is 0.306. The third-order valence-corrected chi connectivity index (χ3v) is 5.37. The summed E-state index contributed by atoms with van der Waals surface area (Å²) in [5.74, 6) is 0. The fourth-order valence-electron chi connectivity index (χ4n) is 3.68. The Labute approximate surface area is 185 Å². The zero-order valence-electron chi connectivity index (χ0n) is 18.1. The Kier molecular flexibility index (Phi) is 6.44. The molecule has 0 radical (unpaired) electrons. The number of hydrogen-bond acceptors (Lipinski definition) is 1. The molecule has 0 fully saturated rings. The van der Waals surface area contributed by atoms with Crippen molar-refractivity contribution in [1.82, 2.24) is 0 Å². The van der Waals surface area contributed by atoms with Crippen LogP contribution in [0.15, 0.2) is 127 Å². The maximum atomic E-state index is 2.25. The Hall–Kier alpha value is -3.84. The van der Waals surface area contributed by atoms with Gasteiger partial charge in [-0.3, -0.25) is 0 Å². The highest BCUT2D eigenvalue weighted by Crippen LogP contribution is 2.28. The monoisotopic (exact) mass is 401 g/mol. The summed E-state index contributed by atoms with van der Waals surface area (Å²) in [5, 5.41) is 0. The first kappa shape index (κ1) is 20.4. The van der Waals surface area contributed by atoms with Crippen LogP contribution in [0.3, 0.4) is 0 Å². The van der Waals surface area contributed by atoms with Gasteiger partial charge in [0.2, 0.25) is 0 Å². The molecule has 4 aromatic carbocycles. The van der Waals surface area contributed by atoms with Crippen molar-refractivity contribution in [3.05, 3.63) is 150 Å². The summed E-state index contributed by atoms with van der Waals surface area (Å²) in [6, 6.07) is 40.5. The van der Waals surface area contributed by atoms with Crippen LogP contribution >= 0.6 is 0 Å². The number of anilines is 1. The number of hydrogen-bond donors (Lipinski definition) is 0. The first-order chi connectivity index (χ1) is 15.2. The van der Waals surface area contributed by atoms with Crippen LogP contribution in [0, 0.1) is 0 Å².